The van der Waals surface area contributed by atoms with Crippen LogP contribution in [0.1, 0.15) is 18.4 Å². The predicted molar refractivity (Wildman–Crippen MR) is 110 cm³/mol. The fraction of sp³-hybridized carbons (Fsp3) is 0.273. The van der Waals surface area contributed by atoms with Crippen molar-refractivity contribution >= 4 is 28.2 Å². The summed E-state index contributed by atoms with van der Waals surface area (Å²) in [6.45, 7) is 3.62. The summed E-state index contributed by atoms with van der Waals surface area (Å²) in [5.74, 6) is 0. The third kappa shape index (κ3) is 3.87. The van der Waals surface area contributed by atoms with Crippen molar-refractivity contribution in [2.24, 2.45) is 0 Å². The number of aromatic nitrogens is 1. The first-order valence-electron chi connectivity index (χ1n) is 9.41. The van der Waals surface area contributed by atoms with E-state index in [0.717, 1.165) is 42.4 Å². The molecule has 1 aliphatic rings. The van der Waals surface area contributed by atoms with Crippen LogP contribution in [0, 0.1) is 6.92 Å². The second-order valence-corrected chi connectivity index (χ2v) is 7.05. The molecule has 2 aromatic carbocycles. The van der Waals surface area contributed by atoms with Crippen LogP contribution in [0.5, 0.6) is 0 Å². The van der Waals surface area contributed by atoms with Crippen molar-refractivity contribution in [2.45, 2.75) is 25.8 Å². The summed E-state index contributed by atoms with van der Waals surface area (Å²) < 4.78 is 0. The number of pyridine rings is 1. The number of hydrogen-bond donors (Lipinski definition) is 2. The molecular weight excluding hydrogens is 336 g/mol. The molecule has 1 fully saturated rings. The van der Waals surface area contributed by atoms with E-state index in [4.69, 9.17) is 0 Å². The number of likely N-dealkylation sites (tertiary alicyclic amines) is 1. The maximum Gasteiger partial charge on any atom is 0.321 e. The predicted octanol–water partition coefficient (Wildman–Crippen LogP) is 4.65. The van der Waals surface area contributed by atoms with Gasteiger partial charge in [0.25, 0.3) is 0 Å². The lowest BCUT2D eigenvalue weighted by Crippen LogP contribution is -2.44. The Morgan fingerprint density at radius 3 is 2.63 bits per heavy atom. The van der Waals surface area contributed by atoms with E-state index >= 15 is 0 Å². The van der Waals surface area contributed by atoms with Gasteiger partial charge < -0.3 is 15.5 Å². The lowest BCUT2D eigenvalue weighted by Gasteiger charge is -2.33. The maximum atomic E-state index is 12.7. The number of para-hydroxylation sites is 1. The van der Waals surface area contributed by atoms with E-state index in [1.165, 1.54) is 11.3 Å². The molecule has 4 rings (SSSR count). The first-order chi connectivity index (χ1) is 13.2. The first-order valence-corrected chi connectivity index (χ1v) is 9.41. The molecule has 0 atom stereocenters. The fourth-order valence-electron chi connectivity index (χ4n) is 3.61. The molecule has 0 unspecified atom stereocenters. The number of hydrogen-bond acceptors (Lipinski definition) is 3. The molecule has 2 heterocycles. The van der Waals surface area contributed by atoms with E-state index in [-0.39, 0.29) is 6.03 Å². The van der Waals surface area contributed by atoms with Gasteiger partial charge in [0.1, 0.15) is 0 Å². The number of rotatable bonds is 3. The van der Waals surface area contributed by atoms with E-state index in [1.54, 1.807) is 6.20 Å². The zero-order valence-electron chi connectivity index (χ0n) is 15.5. The summed E-state index contributed by atoms with van der Waals surface area (Å²) in [6.07, 6.45) is 5.46. The first kappa shape index (κ1) is 17.3. The minimum absolute atomic E-state index is 0.0337. The largest absolute Gasteiger partial charge is 0.382 e. The molecule has 0 saturated carbocycles. The molecule has 5 heteroatoms. The summed E-state index contributed by atoms with van der Waals surface area (Å²) in [5.41, 5.74) is 3.27. The summed E-state index contributed by atoms with van der Waals surface area (Å²) >= 11 is 0. The van der Waals surface area contributed by atoms with Crippen molar-refractivity contribution in [3.05, 3.63) is 66.5 Å². The Balaban J connectivity index is 1.37. The number of fused-ring (bicyclic) bond motifs is 1. The molecular formula is C22H24N4O. The average Bonchev–Trinajstić information content (AvgIpc) is 2.70. The van der Waals surface area contributed by atoms with Crippen LogP contribution < -0.4 is 10.6 Å². The Bertz CT molecular complexity index is 942. The molecule has 3 aromatic rings. The van der Waals surface area contributed by atoms with Crippen LogP contribution in [0.15, 0.2) is 60.9 Å². The van der Waals surface area contributed by atoms with Crippen molar-refractivity contribution in [3.8, 4) is 0 Å². The van der Waals surface area contributed by atoms with Gasteiger partial charge in [-0.3, -0.25) is 4.98 Å². The van der Waals surface area contributed by atoms with Crippen molar-refractivity contribution in [1.82, 2.24) is 9.88 Å². The quantitative estimate of drug-likeness (QED) is 0.715. The zero-order chi connectivity index (χ0) is 18.6. The number of carbonyl (C=O) groups excluding carboxylic acids is 1. The fourth-order valence-corrected chi connectivity index (χ4v) is 3.61. The Hall–Kier alpha value is -3.08. The van der Waals surface area contributed by atoms with E-state index in [9.17, 15) is 4.79 Å². The van der Waals surface area contributed by atoms with Crippen molar-refractivity contribution in [2.75, 3.05) is 23.7 Å². The number of nitrogens with one attached hydrogen (secondary N) is 2. The molecule has 0 bridgehead atoms. The van der Waals surface area contributed by atoms with Gasteiger partial charge in [-0.2, -0.15) is 0 Å². The molecule has 5 nitrogen and oxygen atoms in total. The minimum atomic E-state index is -0.0337. The van der Waals surface area contributed by atoms with E-state index in [1.807, 2.05) is 35.4 Å². The van der Waals surface area contributed by atoms with Gasteiger partial charge in [0.05, 0.1) is 5.69 Å². The smallest absolute Gasteiger partial charge is 0.321 e. The molecule has 27 heavy (non-hydrogen) atoms. The van der Waals surface area contributed by atoms with E-state index < -0.39 is 0 Å². The van der Waals surface area contributed by atoms with Crippen molar-refractivity contribution < 1.29 is 4.79 Å². The Morgan fingerprint density at radius 2 is 1.81 bits per heavy atom. The number of nitrogens with zero attached hydrogens (tertiary/aromatic N) is 2. The lowest BCUT2D eigenvalue weighted by molar-refractivity contribution is 0.197. The van der Waals surface area contributed by atoms with Crippen LogP contribution >= 0.6 is 0 Å². The highest BCUT2D eigenvalue weighted by Crippen LogP contribution is 2.24. The number of anilines is 2. The van der Waals surface area contributed by atoms with E-state index in [0.29, 0.717) is 6.04 Å². The third-order valence-electron chi connectivity index (χ3n) is 5.21. The number of amides is 2. The second kappa shape index (κ2) is 7.66. The standard InChI is InChI=1S/C22H24N4O/c1-16-5-2-3-7-20(16)24-18-10-13-26(14-11-18)22(27)25-21-8-4-6-17-15-23-12-9-19(17)21/h2-9,12,15,18,24H,10-11,13-14H2,1H3,(H,25,27). The monoisotopic (exact) mass is 360 g/mol. The molecule has 1 aromatic heterocycles. The van der Waals surface area contributed by atoms with E-state index in [2.05, 4.69) is 46.8 Å². The van der Waals surface area contributed by atoms with Gasteiger partial charge in [-0.1, -0.05) is 30.3 Å². The summed E-state index contributed by atoms with van der Waals surface area (Å²) in [5, 5.41) is 8.72. The number of piperidine rings is 1. The van der Waals surface area contributed by atoms with Crippen molar-refractivity contribution in [1.29, 1.82) is 0 Å². The van der Waals surface area contributed by atoms with Gasteiger partial charge in [0, 0.05) is 48.0 Å². The topological polar surface area (TPSA) is 57.3 Å². The Morgan fingerprint density at radius 1 is 1.04 bits per heavy atom. The van der Waals surface area contributed by atoms with Crippen LogP contribution in [0.3, 0.4) is 0 Å². The highest BCUT2D eigenvalue weighted by molar-refractivity contribution is 6.01. The molecule has 0 spiro atoms. The van der Waals surface area contributed by atoms with Crippen LogP contribution in [0.2, 0.25) is 0 Å². The van der Waals surface area contributed by atoms with Crippen molar-refractivity contribution in [3.63, 3.8) is 0 Å². The average molecular weight is 360 g/mol. The zero-order valence-corrected chi connectivity index (χ0v) is 15.5. The van der Waals surface area contributed by atoms with Gasteiger partial charge >= 0.3 is 6.03 Å². The number of carbonyl (C=O) groups is 1. The van der Waals surface area contributed by atoms with Gasteiger partial charge in [0.2, 0.25) is 0 Å². The summed E-state index contributed by atoms with van der Waals surface area (Å²) in [7, 11) is 0. The maximum absolute atomic E-state index is 12.7. The molecule has 1 aliphatic heterocycles. The van der Waals surface area contributed by atoms with Crippen LogP contribution in [-0.4, -0.2) is 35.0 Å². The SMILES string of the molecule is Cc1ccccc1NC1CCN(C(=O)Nc2cccc3cnccc23)CC1. The number of urea groups is 1. The molecule has 0 aliphatic carbocycles. The normalized spacial score (nSPS) is 14.9. The molecule has 0 radical (unpaired) electrons. The van der Waals surface area contributed by atoms with Gasteiger partial charge in [-0.25, -0.2) is 4.79 Å². The highest BCUT2D eigenvalue weighted by atomic mass is 16.2. The van der Waals surface area contributed by atoms with Crippen LogP contribution in [0.4, 0.5) is 16.2 Å². The molecule has 2 N–H and O–H groups in total. The lowest BCUT2D eigenvalue weighted by atomic mass is 10.0. The van der Waals surface area contributed by atoms with Gasteiger partial charge in [-0.15, -0.1) is 0 Å². The third-order valence-corrected chi connectivity index (χ3v) is 5.21. The van der Waals surface area contributed by atoms with Crippen LogP contribution in [0.25, 0.3) is 10.8 Å². The molecule has 138 valence electrons. The Kier molecular flexibility index (Phi) is 4.92. The highest BCUT2D eigenvalue weighted by Gasteiger charge is 2.23. The molecule has 2 amide bonds. The summed E-state index contributed by atoms with van der Waals surface area (Å²) in [4.78, 5) is 18.7. The second-order valence-electron chi connectivity index (χ2n) is 7.05. The number of aryl methyl sites for hydroxylation is 1. The number of benzene rings is 2. The van der Waals surface area contributed by atoms with Gasteiger partial charge in [-0.05, 0) is 43.5 Å². The van der Waals surface area contributed by atoms with Crippen LogP contribution in [-0.2, 0) is 0 Å². The Labute approximate surface area is 159 Å². The summed E-state index contributed by atoms with van der Waals surface area (Å²) in [6, 6.07) is 16.5. The minimum Gasteiger partial charge on any atom is -0.382 e. The molecule has 1 saturated heterocycles. The van der Waals surface area contributed by atoms with Gasteiger partial charge in [0.15, 0.2) is 0 Å².